The molecule has 6 nitrogen and oxygen atoms in total. The van der Waals surface area contributed by atoms with Gasteiger partial charge in [0.25, 0.3) is 0 Å². The molecule has 5 N–H and O–H groups in total. The summed E-state index contributed by atoms with van der Waals surface area (Å²) < 4.78 is 0. The Morgan fingerprint density at radius 1 is 1.02 bits per heavy atom. The first kappa shape index (κ1) is 33.8. The lowest BCUT2D eigenvalue weighted by Crippen LogP contribution is -2.64. The fraction of sp³-hybridized carbons (Fsp3) is 0.872. The van der Waals surface area contributed by atoms with E-state index in [0.717, 1.165) is 31.3 Å². The molecule has 6 heteroatoms. The van der Waals surface area contributed by atoms with Crippen molar-refractivity contribution < 1.29 is 25.2 Å². The number of hydrogen-bond donors (Lipinski definition) is 5. The second-order valence-corrected chi connectivity index (χ2v) is 17.6. The zero-order chi connectivity index (χ0) is 32.5. The van der Waals surface area contributed by atoms with E-state index in [1.807, 2.05) is 7.05 Å². The van der Waals surface area contributed by atoms with Gasteiger partial charge in [-0.15, -0.1) is 0 Å². The number of carbonyl (C=O) groups is 1. The van der Waals surface area contributed by atoms with Gasteiger partial charge in [-0.05, 0) is 130 Å². The largest absolute Gasteiger partial charge is 0.393 e. The maximum atomic E-state index is 14.0. The van der Waals surface area contributed by atoms with E-state index >= 15 is 0 Å². The van der Waals surface area contributed by atoms with Crippen LogP contribution in [-0.2, 0) is 4.79 Å². The van der Waals surface area contributed by atoms with Crippen LogP contribution >= 0.6 is 0 Å². The number of rotatable bonds is 7. The third-order valence-corrected chi connectivity index (χ3v) is 15.1. The Morgan fingerprint density at radius 2 is 1.71 bits per heavy atom. The monoisotopic (exact) mass is 625 g/mol. The Morgan fingerprint density at radius 3 is 2.38 bits per heavy atom. The maximum Gasteiger partial charge on any atom is 0.159 e. The average Bonchev–Trinajstić information content (AvgIpc) is 3.54. The van der Waals surface area contributed by atoms with Crippen LogP contribution in [0, 0.1) is 51.8 Å². The molecule has 0 saturated heterocycles. The molecule has 0 bridgehead atoms. The standard InChI is InChI=1S/C39H63NO5/c1-23(2)26(25-10-9-15-38(20-25)13-7-8-14-38)18-31(41)24(3)28-12-17-39(45)30-19-32(42)34-27(22-40-6)35(44)33(43)21-36(34,4)29(30)11-16-37(28,39)5/h19,23-24,27-29,31,33-35,40-41,43-45H,7-18,20-22H2,1-6H3. The lowest BCUT2D eigenvalue weighted by atomic mass is 9.44. The van der Waals surface area contributed by atoms with E-state index in [4.69, 9.17) is 0 Å². The van der Waals surface area contributed by atoms with E-state index in [1.54, 1.807) is 11.6 Å². The number of nitrogens with one attached hydrogen (secondary N) is 1. The summed E-state index contributed by atoms with van der Waals surface area (Å²) in [6.45, 7) is 11.6. The predicted molar refractivity (Wildman–Crippen MR) is 178 cm³/mol. The van der Waals surface area contributed by atoms with Crippen molar-refractivity contribution >= 4 is 5.78 Å². The Labute approximate surface area is 272 Å². The topological polar surface area (TPSA) is 110 Å². The van der Waals surface area contributed by atoms with E-state index in [0.29, 0.717) is 30.7 Å². The molecule has 6 rings (SSSR count). The van der Waals surface area contributed by atoms with Crippen molar-refractivity contribution in [1.82, 2.24) is 5.32 Å². The van der Waals surface area contributed by atoms with Crippen LogP contribution in [0.3, 0.4) is 0 Å². The van der Waals surface area contributed by atoms with E-state index in [9.17, 15) is 25.2 Å². The third-order valence-electron chi connectivity index (χ3n) is 15.1. The smallest absolute Gasteiger partial charge is 0.159 e. The zero-order valence-electron chi connectivity index (χ0n) is 29.1. The van der Waals surface area contributed by atoms with Gasteiger partial charge in [0.2, 0.25) is 0 Å². The fourth-order valence-electron chi connectivity index (χ4n) is 12.7. The number of aliphatic hydroxyl groups is 4. The van der Waals surface area contributed by atoms with E-state index < -0.39 is 34.7 Å². The summed E-state index contributed by atoms with van der Waals surface area (Å²) in [6.07, 6.45) is 14.2. The normalized spacial score (nSPS) is 45.1. The van der Waals surface area contributed by atoms with E-state index in [1.165, 1.54) is 56.9 Å². The summed E-state index contributed by atoms with van der Waals surface area (Å²) in [5, 5.41) is 49.7. The van der Waals surface area contributed by atoms with E-state index in [2.05, 4.69) is 39.9 Å². The van der Waals surface area contributed by atoms with Crippen molar-refractivity contribution in [2.75, 3.05) is 13.6 Å². The first-order valence-corrected chi connectivity index (χ1v) is 18.6. The minimum absolute atomic E-state index is 0.00903. The number of hydrogen-bond acceptors (Lipinski definition) is 6. The van der Waals surface area contributed by atoms with Gasteiger partial charge in [-0.1, -0.05) is 58.6 Å². The van der Waals surface area contributed by atoms with Crippen LogP contribution < -0.4 is 5.32 Å². The summed E-state index contributed by atoms with van der Waals surface area (Å²) in [6, 6.07) is 0. The molecule has 6 aliphatic rings. The predicted octanol–water partition coefficient (Wildman–Crippen LogP) is 6.11. The number of carbonyl (C=O) groups excluding carboxylic acids is 1. The molecule has 11 unspecified atom stereocenters. The number of aliphatic hydroxyl groups excluding tert-OH is 3. The molecule has 0 amide bonds. The highest BCUT2D eigenvalue weighted by Crippen LogP contribution is 2.68. The van der Waals surface area contributed by atoms with Gasteiger partial charge in [0.15, 0.2) is 5.78 Å². The van der Waals surface area contributed by atoms with Crippen LogP contribution in [0.15, 0.2) is 22.8 Å². The lowest BCUT2D eigenvalue weighted by Gasteiger charge is -2.61. The fourth-order valence-corrected chi connectivity index (χ4v) is 12.7. The number of ketones is 1. The van der Waals surface area contributed by atoms with Gasteiger partial charge >= 0.3 is 0 Å². The van der Waals surface area contributed by atoms with Gasteiger partial charge in [0.05, 0.1) is 23.9 Å². The van der Waals surface area contributed by atoms with Gasteiger partial charge in [-0.2, -0.15) is 0 Å². The first-order valence-electron chi connectivity index (χ1n) is 18.6. The first-order chi connectivity index (χ1) is 21.2. The van der Waals surface area contributed by atoms with Crippen molar-refractivity contribution in [3.05, 3.63) is 22.8 Å². The van der Waals surface area contributed by atoms with Crippen molar-refractivity contribution in [3.8, 4) is 0 Å². The van der Waals surface area contributed by atoms with Crippen LogP contribution in [0.5, 0.6) is 0 Å². The van der Waals surface area contributed by atoms with Crippen LogP contribution in [0.4, 0.5) is 0 Å². The zero-order valence-corrected chi connectivity index (χ0v) is 29.1. The molecule has 45 heavy (non-hydrogen) atoms. The van der Waals surface area contributed by atoms with Crippen molar-refractivity contribution in [3.63, 3.8) is 0 Å². The number of allylic oxidation sites excluding steroid dienone is 2. The molecule has 0 aromatic carbocycles. The Hall–Kier alpha value is -1.05. The minimum Gasteiger partial charge on any atom is -0.393 e. The molecule has 0 aromatic rings. The van der Waals surface area contributed by atoms with Gasteiger partial charge in [-0.3, -0.25) is 4.79 Å². The SMILES string of the molecule is CNCC1C(O)C(O)CC2(C)C3CCC4(C)C(C(C)C(O)CC(=C5CCCC6(CCCC6)C5)C(C)C)CCC4(O)C3=CC(=O)C12. The summed E-state index contributed by atoms with van der Waals surface area (Å²) in [7, 11) is 1.82. The highest BCUT2D eigenvalue weighted by atomic mass is 16.3. The highest BCUT2D eigenvalue weighted by molar-refractivity contribution is 5.95. The second-order valence-electron chi connectivity index (χ2n) is 17.6. The molecule has 0 heterocycles. The lowest BCUT2D eigenvalue weighted by molar-refractivity contribution is -0.169. The Bertz CT molecular complexity index is 1200. The van der Waals surface area contributed by atoms with Crippen LogP contribution in [0.2, 0.25) is 0 Å². The summed E-state index contributed by atoms with van der Waals surface area (Å²) in [5.74, 6) is -0.145. The van der Waals surface area contributed by atoms with Gasteiger partial charge in [0, 0.05) is 23.8 Å². The Kier molecular flexibility index (Phi) is 9.12. The maximum absolute atomic E-state index is 14.0. The van der Waals surface area contributed by atoms with Gasteiger partial charge < -0.3 is 25.7 Å². The van der Waals surface area contributed by atoms with Gasteiger partial charge in [-0.25, -0.2) is 0 Å². The second kappa shape index (κ2) is 12.1. The average molecular weight is 626 g/mol. The van der Waals surface area contributed by atoms with Crippen molar-refractivity contribution in [2.45, 2.75) is 148 Å². The van der Waals surface area contributed by atoms with E-state index in [-0.39, 0.29) is 35.4 Å². The molecule has 0 aromatic heterocycles. The van der Waals surface area contributed by atoms with Crippen LogP contribution in [-0.4, -0.2) is 63.7 Å². The number of fused-ring (bicyclic) bond motifs is 5. The molecule has 11 atom stereocenters. The molecule has 5 saturated carbocycles. The summed E-state index contributed by atoms with van der Waals surface area (Å²) in [5.41, 5.74) is 2.44. The highest BCUT2D eigenvalue weighted by Gasteiger charge is 2.68. The molecule has 0 aliphatic heterocycles. The summed E-state index contributed by atoms with van der Waals surface area (Å²) in [4.78, 5) is 14.0. The minimum atomic E-state index is -1.10. The molecule has 6 aliphatic carbocycles. The molecule has 1 spiro atoms. The molecular weight excluding hydrogens is 562 g/mol. The van der Waals surface area contributed by atoms with Crippen molar-refractivity contribution in [1.29, 1.82) is 0 Å². The Balaban J connectivity index is 1.25. The quantitative estimate of drug-likeness (QED) is 0.219. The van der Waals surface area contributed by atoms with Crippen molar-refractivity contribution in [2.24, 2.45) is 51.8 Å². The van der Waals surface area contributed by atoms with Crippen LogP contribution in [0.25, 0.3) is 0 Å². The molecular formula is C39H63NO5. The molecule has 254 valence electrons. The van der Waals surface area contributed by atoms with Crippen LogP contribution in [0.1, 0.15) is 125 Å². The van der Waals surface area contributed by atoms with Gasteiger partial charge in [0.1, 0.15) is 0 Å². The summed E-state index contributed by atoms with van der Waals surface area (Å²) >= 11 is 0. The third kappa shape index (κ3) is 5.27. The molecule has 0 radical (unpaired) electrons. The molecule has 5 fully saturated rings.